The number of amides is 1. The van der Waals surface area contributed by atoms with E-state index in [4.69, 9.17) is 4.74 Å². The molecule has 26 heavy (non-hydrogen) atoms. The molecule has 0 unspecified atom stereocenters. The van der Waals surface area contributed by atoms with Crippen molar-refractivity contribution in [2.24, 2.45) is 0 Å². The Morgan fingerprint density at radius 3 is 2.50 bits per heavy atom. The van der Waals surface area contributed by atoms with Crippen LogP contribution in [-0.2, 0) is 0 Å². The highest BCUT2D eigenvalue weighted by Gasteiger charge is 2.19. The summed E-state index contributed by atoms with van der Waals surface area (Å²) < 4.78 is 7.57. The number of ether oxygens (including phenoxy) is 1. The van der Waals surface area contributed by atoms with Gasteiger partial charge in [-0.25, -0.2) is 4.68 Å². The maximum atomic E-state index is 12.4. The van der Waals surface area contributed by atoms with Crippen molar-refractivity contribution in [3.05, 3.63) is 36.2 Å². The molecule has 1 aliphatic rings. The average Bonchev–Trinajstić information content (AvgIpc) is 3.06. The number of halogens is 1. The number of benzene rings is 1. The number of nitrogens with zero attached hydrogens (tertiary/aromatic N) is 3. The molecule has 8 heteroatoms. The third kappa shape index (κ3) is 5.44. The number of aromatic nitrogens is 3. The van der Waals surface area contributed by atoms with Crippen molar-refractivity contribution in [1.29, 1.82) is 0 Å². The second-order valence-corrected chi connectivity index (χ2v) is 7.26. The predicted molar refractivity (Wildman–Crippen MR) is 103 cm³/mol. The van der Waals surface area contributed by atoms with Gasteiger partial charge in [0.05, 0.1) is 12.2 Å². The lowest BCUT2D eigenvalue weighted by Gasteiger charge is -2.22. The molecule has 0 saturated carbocycles. The Bertz CT molecular complexity index is 718. The van der Waals surface area contributed by atoms with E-state index in [1.165, 1.54) is 0 Å². The molecule has 2 N–H and O–H groups in total. The van der Waals surface area contributed by atoms with Crippen LogP contribution in [0.1, 0.15) is 50.1 Å². The Kier molecular flexibility index (Phi) is 6.61. The molecule has 1 amide bonds. The van der Waals surface area contributed by atoms with Crippen LogP contribution in [0.25, 0.3) is 0 Å². The van der Waals surface area contributed by atoms with E-state index in [0.717, 1.165) is 31.7 Å². The highest BCUT2D eigenvalue weighted by atomic mass is 35.5. The van der Waals surface area contributed by atoms with E-state index in [9.17, 15) is 4.79 Å². The van der Waals surface area contributed by atoms with Crippen molar-refractivity contribution >= 4 is 24.0 Å². The van der Waals surface area contributed by atoms with E-state index in [1.54, 1.807) is 10.9 Å². The van der Waals surface area contributed by atoms with E-state index in [2.05, 4.69) is 20.9 Å². The minimum absolute atomic E-state index is 0. The summed E-state index contributed by atoms with van der Waals surface area (Å²) in [6.45, 7) is 7.92. The van der Waals surface area contributed by atoms with Gasteiger partial charge in [-0.2, -0.15) is 0 Å². The summed E-state index contributed by atoms with van der Waals surface area (Å²) in [5.41, 5.74) is 0.772. The molecule has 0 atom stereocenters. The molecule has 2 aromatic rings. The van der Waals surface area contributed by atoms with Gasteiger partial charge in [0.25, 0.3) is 5.91 Å². The lowest BCUT2D eigenvalue weighted by atomic mass is 10.1. The van der Waals surface area contributed by atoms with Crippen molar-refractivity contribution in [2.45, 2.75) is 45.3 Å². The number of anilines is 1. The molecule has 1 aromatic carbocycles. The van der Waals surface area contributed by atoms with Crippen molar-refractivity contribution in [3.8, 4) is 5.75 Å². The van der Waals surface area contributed by atoms with Gasteiger partial charge in [-0.15, -0.1) is 17.5 Å². The van der Waals surface area contributed by atoms with Crippen LogP contribution < -0.4 is 15.4 Å². The zero-order chi connectivity index (χ0) is 17.9. The molecule has 2 heterocycles. The van der Waals surface area contributed by atoms with E-state index in [-0.39, 0.29) is 23.9 Å². The normalized spacial score (nSPS) is 15.2. The minimum atomic E-state index is -0.260. The summed E-state index contributed by atoms with van der Waals surface area (Å²) in [5.74, 6) is 0.507. The maximum absolute atomic E-state index is 12.4. The van der Waals surface area contributed by atoms with Crippen LogP contribution in [-0.4, -0.2) is 39.6 Å². The summed E-state index contributed by atoms with van der Waals surface area (Å²) in [6.07, 6.45) is 3.72. The molecule has 142 valence electrons. The van der Waals surface area contributed by atoms with Gasteiger partial charge < -0.3 is 15.4 Å². The first-order chi connectivity index (χ1) is 11.9. The molecule has 1 saturated heterocycles. The van der Waals surface area contributed by atoms with Gasteiger partial charge in [0.15, 0.2) is 5.69 Å². The van der Waals surface area contributed by atoms with Crippen LogP contribution in [0.2, 0.25) is 0 Å². The third-order valence-electron chi connectivity index (χ3n) is 3.96. The van der Waals surface area contributed by atoms with Crippen LogP contribution in [0.4, 0.5) is 5.69 Å². The monoisotopic (exact) mass is 379 g/mol. The standard InChI is InChI=1S/C18H25N5O2.ClH/c1-18(2,3)25-15-6-4-13(5-7-15)20-17(24)16-12-23(22-21-16)14-8-10-19-11-9-14;/h4-7,12,14,19H,8-11H2,1-3H3,(H,20,24);1H. The SMILES string of the molecule is CC(C)(C)Oc1ccc(NC(=O)c2cn(C3CCNCC3)nn2)cc1.Cl. The summed E-state index contributed by atoms with van der Waals surface area (Å²) in [7, 11) is 0. The molecule has 3 rings (SSSR count). The second kappa shape index (κ2) is 8.51. The van der Waals surface area contributed by atoms with Crippen molar-refractivity contribution in [1.82, 2.24) is 20.3 Å². The minimum Gasteiger partial charge on any atom is -0.488 e. The first-order valence-corrected chi connectivity index (χ1v) is 8.64. The lowest BCUT2D eigenvalue weighted by molar-refractivity contribution is 0.102. The van der Waals surface area contributed by atoms with Crippen LogP contribution >= 0.6 is 12.4 Å². The van der Waals surface area contributed by atoms with Crippen molar-refractivity contribution < 1.29 is 9.53 Å². The molecule has 1 aliphatic heterocycles. The molecule has 1 fully saturated rings. The second-order valence-electron chi connectivity index (χ2n) is 7.26. The predicted octanol–water partition coefficient (Wildman–Crippen LogP) is 3.05. The number of rotatable bonds is 4. The molecule has 0 radical (unpaired) electrons. The van der Waals surface area contributed by atoms with E-state index < -0.39 is 0 Å². The van der Waals surface area contributed by atoms with Crippen molar-refractivity contribution in [3.63, 3.8) is 0 Å². The summed E-state index contributed by atoms with van der Waals surface area (Å²) in [5, 5.41) is 14.3. The number of carbonyl (C=O) groups excluding carboxylic acids is 1. The summed E-state index contributed by atoms with van der Waals surface area (Å²) in [6, 6.07) is 7.62. The molecule has 0 spiro atoms. The van der Waals surface area contributed by atoms with Gasteiger partial charge >= 0.3 is 0 Å². The van der Waals surface area contributed by atoms with Crippen LogP contribution in [0.3, 0.4) is 0 Å². The maximum Gasteiger partial charge on any atom is 0.277 e. The largest absolute Gasteiger partial charge is 0.488 e. The zero-order valence-electron chi connectivity index (χ0n) is 15.4. The van der Waals surface area contributed by atoms with Gasteiger partial charge in [0, 0.05) is 5.69 Å². The first-order valence-electron chi connectivity index (χ1n) is 8.64. The number of hydrogen-bond acceptors (Lipinski definition) is 5. The highest BCUT2D eigenvalue weighted by molar-refractivity contribution is 6.02. The van der Waals surface area contributed by atoms with E-state index >= 15 is 0 Å². The molecule has 1 aromatic heterocycles. The molecule has 7 nitrogen and oxygen atoms in total. The fourth-order valence-corrected chi connectivity index (χ4v) is 2.79. The number of nitrogens with one attached hydrogen (secondary N) is 2. The average molecular weight is 380 g/mol. The topological polar surface area (TPSA) is 81.1 Å². The molecule has 0 aliphatic carbocycles. The Morgan fingerprint density at radius 1 is 1.23 bits per heavy atom. The highest BCUT2D eigenvalue weighted by Crippen LogP contribution is 2.21. The fourth-order valence-electron chi connectivity index (χ4n) is 2.79. The Hall–Kier alpha value is -2.12. The van der Waals surface area contributed by atoms with Gasteiger partial charge in [-0.3, -0.25) is 4.79 Å². The molecule has 0 bridgehead atoms. The Morgan fingerprint density at radius 2 is 1.88 bits per heavy atom. The number of piperidine rings is 1. The van der Waals surface area contributed by atoms with Gasteiger partial charge in [0.1, 0.15) is 11.4 Å². The van der Waals surface area contributed by atoms with Crippen LogP contribution in [0.15, 0.2) is 30.5 Å². The quantitative estimate of drug-likeness (QED) is 0.853. The first kappa shape index (κ1) is 20.2. The van der Waals surface area contributed by atoms with Gasteiger partial charge in [0.2, 0.25) is 0 Å². The third-order valence-corrected chi connectivity index (χ3v) is 3.96. The van der Waals surface area contributed by atoms with E-state index in [1.807, 2.05) is 45.0 Å². The van der Waals surface area contributed by atoms with Gasteiger partial charge in [-0.1, -0.05) is 5.21 Å². The Balaban J connectivity index is 0.00000243. The summed E-state index contributed by atoms with van der Waals surface area (Å²) in [4.78, 5) is 12.4. The Labute approximate surface area is 159 Å². The smallest absolute Gasteiger partial charge is 0.277 e. The van der Waals surface area contributed by atoms with Crippen LogP contribution in [0, 0.1) is 0 Å². The van der Waals surface area contributed by atoms with Gasteiger partial charge in [-0.05, 0) is 71.0 Å². The zero-order valence-corrected chi connectivity index (χ0v) is 16.2. The molecular formula is C18H26ClN5O2. The van der Waals surface area contributed by atoms with Crippen LogP contribution in [0.5, 0.6) is 5.75 Å². The number of hydrogen-bond donors (Lipinski definition) is 2. The lowest BCUT2D eigenvalue weighted by Crippen LogP contribution is -2.29. The van der Waals surface area contributed by atoms with E-state index in [0.29, 0.717) is 17.4 Å². The molecular weight excluding hydrogens is 354 g/mol. The number of carbonyl (C=O) groups is 1. The van der Waals surface area contributed by atoms with Crippen molar-refractivity contribution in [2.75, 3.05) is 18.4 Å². The fraction of sp³-hybridized carbons (Fsp3) is 0.500. The summed E-state index contributed by atoms with van der Waals surface area (Å²) >= 11 is 0.